The van der Waals surface area contributed by atoms with E-state index in [0.717, 1.165) is 11.1 Å². The zero-order chi connectivity index (χ0) is 23.9. The van der Waals surface area contributed by atoms with E-state index < -0.39 is 5.41 Å². The smallest absolute Gasteiger partial charge is 0.330 e. The Bertz CT molecular complexity index is 1200. The monoisotopic (exact) mass is 453 g/mol. The van der Waals surface area contributed by atoms with Crippen molar-refractivity contribution < 1.29 is 18.8 Å². The van der Waals surface area contributed by atoms with Crippen molar-refractivity contribution in [3.63, 3.8) is 0 Å². The van der Waals surface area contributed by atoms with Crippen LogP contribution in [-0.4, -0.2) is 62.1 Å². The summed E-state index contributed by atoms with van der Waals surface area (Å²) in [6.45, 7) is 10.5. The van der Waals surface area contributed by atoms with Crippen LogP contribution in [0.4, 0.5) is 4.39 Å². The van der Waals surface area contributed by atoms with Gasteiger partial charge in [-0.15, -0.1) is 5.06 Å². The molecule has 9 heteroatoms. The predicted molar refractivity (Wildman–Crippen MR) is 121 cm³/mol. The zero-order valence-electron chi connectivity index (χ0n) is 19.5. The minimum atomic E-state index is -0.596. The fourth-order valence-electron chi connectivity index (χ4n) is 3.66. The van der Waals surface area contributed by atoms with Crippen LogP contribution in [0, 0.1) is 18.2 Å². The maximum atomic E-state index is 13.3. The molecule has 0 aliphatic carbocycles. The highest BCUT2D eigenvalue weighted by Gasteiger charge is 2.33. The fraction of sp³-hybridized carbons (Fsp3) is 0.417. The van der Waals surface area contributed by atoms with Crippen molar-refractivity contribution >= 4 is 17.5 Å². The standard InChI is InChI=1S/C24H28FN5O3/c1-15-12-19(17-6-8-18(25)9-7-17)27-29-14-20(26-21(15)29)22(31)28-10-11-30(16(2)13-28)33-23(32)24(3,4)5/h6-9,12,14,16H,10-11,13H2,1-5H3/t16-/m0/s1. The molecule has 1 amide bonds. The normalized spacial score (nSPS) is 17.4. The number of hydrogen-bond donors (Lipinski definition) is 0. The quantitative estimate of drug-likeness (QED) is 0.604. The van der Waals surface area contributed by atoms with E-state index in [0.29, 0.717) is 36.7 Å². The third-order valence-electron chi connectivity index (χ3n) is 5.63. The molecule has 33 heavy (non-hydrogen) atoms. The second-order valence-corrected chi connectivity index (χ2v) is 9.48. The number of aromatic nitrogens is 3. The van der Waals surface area contributed by atoms with Gasteiger partial charge in [-0.2, -0.15) is 5.10 Å². The topological polar surface area (TPSA) is 80.0 Å². The summed E-state index contributed by atoms with van der Waals surface area (Å²) in [6.07, 6.45) is 1.62. The van der Waals surface area contributed by atoms with Gasteiger partial charge in [0.1, 0.15) is 11.5 Å². The molecule has 1 fully saturated rings. The SMILES string of the molecule is Cc1cc(-c2ccc(F)cc2)nn2cc(C(=O)N3CCN(OC(=O)C(C)(C)C)[C@@H](C)C3)nc12. The molecule has 0 unspecified atom stereocenters. The predicted octanol–water partition coefficient (Wildman–Crippen LogP) is 3.49. The first-order valence-corrected chi connectivity index (χ1v) is 10.9. The van der Waals surface area contributed by atoms with Gasteiger partial charge in [0.15, 0.2) is 5.65 Å². The molecular formula is C24H28FN5O3. The van der Waals surface area contributed by atoms with Crippen LogP contribution in [0.25, 0.3) is 16.9 Å². The number of carbonyl (C=O) groups excluding carboxylic acids is 2. The summed E-state index contributed by atoms with van der Waals surface area (Å²) >= 11 is 0. The number of fused-ring (bicyclic) bond motifs is 1. The molecule has 1 aromatic carbocycles. The van der Waals surface area contributed by atoms with E-state index in [-0.39, 0.29) is 23.7 Å². The van der Waals surface area contributed by atoms with Gasteiger partial charge >= 0.3 is 5.97 Å². The number of rotatable bonds is 3. The van der Waals surface area contributed by atoms with Crippen molar-refractivity contribution in [1.82, 2.24) is 24.6 Å². The molecule has 0 saturated carbocycles. The minimum Gasteiger partial charge on any atom is -0.367 e. The average Bonchev–Trinajstić information content (AvgIpc) is 3.19. The van der Waals surface area contributed by atoms with Gasteiger partial charge < -0.3 is 9.74 Å². The number of piperazine rings is 1. The van der Waals surface area contributed by atoms with Crippen LogP contribution < -0.4 is 0 Å². The Morgan fingerprint density at radius 2 is 1.85 bits per heavy atom. The summed E-state index contributed by atoms with van der Waals surface area (Å²) in [5, 5.41) is 6.20. The lowest BCUT2D eigenvalue weighted by atomic mass is 9.98. The first kappa shape index (κ1) is 22.8. The fourth-order valence-corrected chi connectivity index (χ4v) is 3.66. The number of aryl methyl sites for hydroxylation is 1. The van der Waals surface area contributed by atoms with Crippen molar-refractivity contribution in [2.24, 2.45) is 5.41 Å². The van der Waals surface area contributed by atoms with Crippen molar-refractivity contribution in [1.29, 1.82) is 0 Å². The van der Waals surface area contributed by atoms with E-state index >= 15 is 0 Å². The van der Waals surface area contributed by atoms with E-state index in [4.69, 9.17) is 4.84 Å². The van der Waals surface area contributed by atoms with Crippen LogP contribution in [0.15, 0.2) is 36.5 Å². The molecule has 4 rings (SSSR count). The van der Waals surface area contributed by atoms with Crippen LogP contribution in [0.2, 0.25) is 0 Å². The minimum absolute atomic E-state index is 0.143. The van der Waals surface area contributed by atoms with Crippen molar-refractivity contribution in [2.45, 2.75) is 40.7 Å². The number of hydrogen-bond acceptors (Lipinski definition) is 6. The molecule has 0 radical (unpaired) electrons. The maximum absolute atomic E-state index is 13.3. The lowest BCUT2D eigenvalue weighted by Gasteiger charge is -2.38. The van der Waals surface area contributed by atoms with Crippen LogP contribution in [0.5, 0.6) is 0 Å². The maximum Gasteiger partial charge on any atom is 0.330 e. The molecule has 1 atom stereocenters. The van der Waals surface area contributed by atoms with E-state index in [1.165, 1.54) is 12.1 Å². The summed E-state index contributed by atoms with van der Waals surface area (Å²) in [7, 11) is 0. The van der Waals surface area contributed by atoms with E-state index in [9.17, 15) is 14.0 Å². The number of benzene rings is 1. The molecule has 1 saturated heterocycles. The summed E-state index contributed by atoms with van der Waals surface area (Å²) in [6, 6.07) is 7.83. The lowest BCUT2D eigenvalue weighted by Crippen LogP contribution is -2.54. The second-order valence-electron chi connectivity index (χ2n) is 9.48. The van der Waals surface area contributed by atoms with Gasteiger partial charge in [-0.25, -0.2) is 18.7 Å². The van der Waals surface area contributed by atoms with Crippen LogP contribution in [-0.2, 0) is 9.63 Å². The van der Waals surface area contributed by atoms with Crippen molar-refractivity contribution in [3.05, 3.63) is 53.6 Å². The van der Waals surface area contributed by atoms with Gasteiger partial charge in [-0.1, -0.05) is 0 Å². The van der Waals surface area contributed by atoms with E-state index in [1.54, 1.807) is 53.6 Å². The Morgan fingerprint density at radius 1 is 1.15 bits per heavy atom. The van der Waals surface area contributed by atoms with Gasteiger partial charge in [0.25, 0.3) is 5.91 Å². The average molecular weight is 454 g/mol. The molecular weight excluding hydrogens is 425 g/mol. The Kier molecular flexibility index (Phi) is 5.92. The zero-order valence-corrected chi connectivity index (χ0v) is 19.5. The number of amides is 1. The Labute approximate surface area is 191 Å². The third-order valence-corrected chi connectivity index (χ3v) is 5.63. The first-order chi connectivity index (χ1) is 15.5. The number of imidazole rings is 1. The molecule has 1 aliphatic rings. The van der Waals surface area contributed by atoms with Gasteiger partial charge in [0.05, 0.1) is 29.9 Å². The van der Waals surface area contributed by atoms with Crippen molar-refractivity contribution in [2.75, 3.05) is 19.6 Å². The Hall–Kier alpha value is -3.33. The Balaban J connectivity index is 1.51. The largest absolute Gasteiger partial charge is 0.367 e. The molecule has 0 spiro atoms. The summed E-state index contributed by atoms with van der Waals surface area (Å²) in [5.41, 5.74) is 2.60. The number of hydroxylamine groups is 2. The number of nitrogens with zero attached hydrogens (tertiary/aromatic N) is 5. The Morgan fingerprint density at radius 3 is 2.48 bits per heavy atom. The molecule has 3 heterocycles. The van der Waals surface area contributed by atoms with Gasteiger partial charge in [0.2, 0.25) is 0 Å². The molecule has 174 valence electrons. The molecule has 1 aliphatic heterocycles. The van der Waals surface area contributed by atoms with Gasteiger partial charge in [-0.3, -0.25) is 4.79 Å². The summed E-state index contributed by atoms with van der Waals surface area (Å²) in [4.78, 5) is 37.1. The first-order valence-electron chi connectivity index (χ1n) is 10.9. The van der Waals surface area contributed by atoms with Gasteiger partial charge in [0, 0.05) is 18.7 Å². The molecule has 3 aromatic rings. The number of halogens is 1. The molecule has 0 bridgehead atoms. The lowest BCUT2D eigenvalue weighted by molar-refractivity contribution is -0.217. The third kappa shape index (κ3) is 4.73. The van der Waals surface area contributed by atoms with E-state index in [2.05, 4.69) is 10.1 Å². The summed E-state index contributed by atoms with van der Waals surface area (Å²) < 4.78 is 14.9. The number of carbonyl (C=O) groups is 2. The highest BCUT2D eigenvalue weighted by molar-refractivity contribution is 5.93. The van der Waals surface area contributed by atoms with Crippen LogP contribution >= 0.6 is 0 Å². The highest BCUT2D eigenvalue weighted by Crippen LogP contribution is 2.22. The van der Waals surface area contributed by atoms with Crippen LogP contribution in [0.3, 0.4) is 0 Å². The van der Waals surface area contributed by atoms with Gasteiger partial charge in [-0.05, 0) is 70.5 Å². The molecule has 8 nitrogen and oxygen atoms in total. The van der Waals surface area contributed by atoms with Crippen LogP contribution in [0.1, 0.15) is 43.7 Å². The van der Waals surface area contributed by atoms with Crippen molar-refractivity contribution in [3.8, 4) is 11.3 Å². The van der Waals surface area contributed by atoms with E-state index in [1.807, 2.05) is 19.9 Å². The molecule has 2 aromatic heterocycles. The highest BCUT2D eigenvalue weighted by atomic mass is 19.1. The second kappa shape index (κ2) is 8.55. The molecule has 0 N–H and O–H groups in total. The summed E-state index contributed by atoms with van der Waals surface area (Å²) in [5.74, 6) is -0.806.